The summed E-state index contributed by atoms with van der Waals surface area (Å²) in [6, 6.07) is -3.47. The Morgan fingerprint density at radius 2 is 1.60 bits per heavy atom. The van der Waals surface area contributed by atoms with E-state index in [1.165, 1.54) is 12.0 Å². The molecule has 0 aromatic rings. The zero-order valence-corrected chi connectivity index (χ0v) is 23.9. The van der Waals surface area contributed by atoms with Crippen LogP contribution in [0, 0.1) is 11.8 Å². The average Bonchev–Trinajstić information content (AvgIpc) is 3.30. The van der Waals surface area contributed by atoms with Crippen molar-refractivity contribution in [1.29, 1.82) is 0 Å². The lowest BCUT2D eigenvalue weighted by molar-refractivity contribution is -0.148. The first-order valence-corrected chi connectivity index (χ1v) is 13.7. The molecule has 4 atom stereocenters. The Morgan fingerprint density at radius 1 is 0.975 bits per heavy atom. The van der Waals surface area contributed by atoms with Gasteiger partial charge in [0.15, 0.2) is 5.96 Å². The Hall–Kier alpha value is -3.71. The van der Waals surface area contributed by atoms with Gasteiger partial charge in [-0.15, -0.1) is 0 Å². The number of ether oxygens (including phenoxy) is 1. The minimum absolute atomic E-state index is 0.0395. The summed E-state index contributed by atoms with van der Waals surface area (Å²) in [6.07, 6.45) is 2.99. The molecule has 40 heavy (non-hydrogen) atoms. The molecule has 0 spiro atoms. The van der Waals surface area contributed by atoms with Gasteiger partial charge >= 0.3 is 5.97 Å². The van der Waals surface area contributed by atoms with Gasteiger partial charge in [-0.3, -0.25) is 33.8 Å². The summed E-state index contributed by atoms with van der Waals surface area (Å²) in [7, 11) is 1.18. The number of Topliss-reactive ketones (excluding diaryl/α,β-unsaturated/α-hetero) is 1. The molecule has 0 aromatic carbocycles. The maximum atomic E-state index is 13.7. The van der Waals surface area contributed by atoms with Crippen LogP contribution < -0.4 is 27.8 Å². The Balaban J connectivity index is 3.15. The van der Waals surface area contributed by atoms with E-state index in [1.54, 1.807) is 0 Å². The van der Waals surface area contributed by atoms with Crippen LogP contribution in [-0.2, 0) is 33.5 Å². The van der Waals surface area contributed by atoms with Gasteiger partial charge in [0.05, 0.1) is 19.6 Å². The second kappa shape index (κ2) is 17.1. The van der Waals surface area contributed by atoms with Crippen LogP contribution in [0.15, 0.2) is 4.99 Å². The number of rotatable bonds is 17. The van der Waals surface area contributed by atoms with Crippen molar-refractivity contribution in [2.24, 2.45) is 34.0 Å². The fourth-order valence-electron chi connectivity index (χ4n) is 4.79. The number of carbonyl (C=O) groups is 6. The van der Waals surface area contributed by atoms with Gasteiger partial charge in [0.1, 0.15) is 12.1 Å². The van der Waals surface area contributed by atoms with Crippen molar-refractivity contribution < 1.29 is 33.5 Å². The monoisotopic (exact) mass is 567 g/mol. The van der Waals surface area contributed by atoms with Crippen molar-refractivity contribution in [1.82, 2.24) is 15.5 Å². The molecule has 0 bridgehead atoms. The zero-order chi connectivity index (χ0) is 30.4. The molecule has 1 aliphatic rings. The molecule has 1 heterocycles. The fourth-order valence-corrected chi connectivity index (χ4v) is 4.79. The molecule has 0 aromatic heterocycles. The van der Waals surface area contributed by atoms with Crippen molar-refractivity contribution >= 4 is 41.3 Å². The normalized spacial score (nSPS) is 18.0. The molecule has 1 rings (SSSR count). The number of primary amides is 1. The van der Waals surface area contributed by atoms with E-state index in [-0.39, 0.29) is 56.1 Å². The van der Waals surface area contributed by atoms with Crippen molar-refractivity contribution in [3.63, 3.8) is 0 Å². The Bertz CT molecular complexity index is 946. The van der Waals surface area contributed by atoms with Crippen molar-refractivity contribution in [2.75, 3.05) is 20.2 Å². The third-order valence-electron chi connectivity index (χ3n) is 6.78. The summed E-state index contributed by atoms with van der Waals surface area (Å²) in [6.45, 7) is 6.12. The lowest BCUT2D eigenvalue weighted by Gasteiger charge is -2.30. The number of guanidine groups is 1. The van der Waals surface area contributed by atoms with Gasteiger partial charge in [-0.05, 0) is 38.0 Å². The van der Waals surface area contributed by atoms with Crippen LogP contribution in [0.1, 0.15) is 72.1 Å². The third kappa shape index (κ3) is 10.8. The van der Waals surface area contributed by atoms with Crippen LogP contribution in [0.25, 0.3) is 0 Å². The van der Waals surface area contributed by atoms with E-state index in [2.05, 4.69) is 15.6 Å². The predicted octanol–water partition coefficient (Wildman–Crippen LogP) is -0.919. The zero-order valence-electron chi connectivity index (χ0n) is 23.9. The first-order chi connectivity index (χ1) is 18.9. The largest absolute Gasteiger partial charge is 0.469 e. The van der Waals surface area contributed by atoms with E-state index in [1.807, 2.05) is 20.8 Å². The van der Waals surface area contributed by atoms with Gasteiger partial charge in [0, 0.05) is 19.0 Å². The number of esters is 1. The molecule has 1 fully saturated rings. The number of methoxy groups -OCH3 is 1. The third-order valence-corrected chi connectivity index (χ3v) is 6.78. The van der Waals surface area contributed by atoms with Gasteiger partial charge in [-0.2, -0.15) is 0 Å². The van der Waals surface area contributed by atoms with E-state index in [0.29, 0.717) is 12.8 Å². The number of nitrogens with two attached hydrogens (primary N) is 3. The summed E-state index contributed by atoms with van der Waals surface area (Å²) in [5.41, 5.74) is 15.8. The lowest BCUT2D eigenvalue weighted by atomic mass is 9.96. The van der Waals surface area contributed by atoms with E-state index in [4.69, 9.17) is 21.9 Å². The van der Waals surface area contributed by atoms with E-state index in [0.717, 1.165) is 12.8 Å². The number of likely N-dealkylation sites (tertiary alicyclic amines) is 1. The average molecular weight is 568 g/mol. The van der Waals surface area contributed by atoms with Gasteiger partial charge in [0.2, 0.25) is 23.5 Å². The van der Waals surface area contributed by atoms with Crippen LogP contribution in [0.3, 0.4) is 0 Å². The summed E-state index contributed by atoms with van der Waals surface area (Å²) in [5.74, 6) is -5.05. The topological polar surface area (TPSA) is 229 Å². The van der Waals surface area contributed by atoms with Gasteiger partial charge in [0.25, 0.3) is 5.91 Å². The molecule has 4 amide bonds. The molecule has 1 saturated heterocycles. The summed E-state index contributed by atoms with van der Waals surface area (Å²) in [4.78, 5) is 81.3. The van der Waals surface area contributed by atoms with Crippen molar-refractivity contribution in [3.05, 3.63) is 0 Å². The highest BCUT2D eigenvalue weighted by Gasteiger charge is 2.42. The smallest absolute Gasteiger partial charge is 0.308 e. The van der Waals surface area contributed by atoms with Crippen LogP contribution in [0.4, 0.5) is 0 Å². The summed E-state index contributed by atoms with van der Waals surface area (Å²) < 4.78 is 4.74. The molecule has 14 nitrogen and oxygen atoms in total. The number of nitrogens with one attached hydrogen (secondary N) is 2. The minimum Gasteiger partial charge on any atom is -0.469 e. The summed E-state index contributed by atoms with van der Waals surface area (Å²) in [5, 5.41) is 5.25. The standard InChI is InChI=1S/C26H45N7O7/c1-5-8-16(9-6-2)23(37)32-18(13-20(34)40-4)25(39)33-14-15(3)12-19(33)24(38)31-17(21(35)22(27)36)10-7-11-30-26(28)29/h15-19H,5-14H2,1-4H3,(H2,27,36)(H,31,38)(H,32,37)(H4,28,29,30)/t15-,17-,18?,19?/m0/s1. The fraction of sp³-hybridized carbons (Fsp3) is 0.731. The number of aliphatic imine (C=N–C) groups is 1. The Morgan fingerprint density at radius 3 is 2.12 bits per heavy atom. The number of hydrogen-bond donors (Lipinski definition) is 5. The molecule has 14 heteroatoms. The lowest BCUT2D eigenvalue weighted by Crippen LogP contribution is -2.56. The van der Waals surface area contributed by atoms with Gasteiger partial charge in [-0.25, -0.2) is 0 Å². The first-order valence-electron chi connectivity index (χ1n) is 13.7. The molecule has 226 valence electrons. The van der Waals surface area contributed by atoms with E-state index >= 15 is 0 Å². The van der Waals surface area contributed by atoms with Crippen molar-refractivity contribution in [2.45, 2.75) is 90.3 Å². The summed E-state index contributed by atoms with van der Waals surface area (Å²) >= 11 is 0. The highest BCUT2D eigenvalue weighted by molar-refractivity contribution is 6.37. The number of ketones is 1. The van der Waals surface area contributed by atoms with Crippen LogP contribution in [-0.4, -0.2) is 84.6 Å². The molecular formula is C26H45N7O7. The van der Waals surface area contributed by atoms with Crippen LogP contribution >= 0.6 is 0 Å². The van der Waals surface area contributed by atoms with E-state index in [9.17, 15) is 28.8 Å². The number of carbonyl (C=O) groups excluding carboxylic acids is 6. The molecule has 0 aliphatic carbocycles. The minimum atomic E-state index is -1.24. The quantitative estimate of drug-likeness (QED) is 0.0480. The van der Waals surface area contributed by atoms with Gasteiger partial charge in [-0.1, -0.05) is 33.6 Å². The molecule has 2 unspecified atom stereocenters. The van der Waals surface area contributed by atoms with Crippen LogP contribution in [0.5, 0.6) is 0 Å². The van der Waals surface area contributed by atoms with Gasteiger partial charge < -0.3 is 37.5 Å². The Labute approximate surface area is 235 Å². The maximum Gasteiger partial charge on any atom is 0.308 e. The van der Waals surface area contributed by atoms with Crippen LogP contribution in [0.2, 0.25) is 0 Å². The molecule has 8 N–H and O–H groups in total. The highest BCUT2D eigenvalue weighted by atomic mass is 16.5. The molecule has 0 radical (unpaired) electrons. The Kier molecular flexibility index (Phi) is 14.7. The second-order valence-electron chi connectivity index (χ2n) is 10.2. The highest BCUT2D eigenvalue weighted by Crippen LogP contribution is 2.25. The predicted molar refractivity (Wildman–Crippen MR) is 147 cm³/mol. The SMILES string of the molecule is CCCC(CCC)C(=O)NC(CC(=O)OC)C(=O)N1C[C@@H](C)CC1C(=O)N[C@@H](CCCN=C(N)N)C(=O)C(N)=O. The molecule has 1 aliphatic heterocycles. The number of amides is 4. The second-order valence-corrected chi connectivity index (χ2v) is 10.2. The number of hydrogen-bond acceptors (Lipinski definition) is 8. The molecular weight excluding hydrogens is 522 g/mol. The van der Waals surface area contributed by atoms with E-state index < -0.39 is 54.0 Å². The first kappa shape index (κ1) is 34.3. The number of nitrogens with zero attached hydrogens (tertiary/aromatic N) is 2. The maximum absolute atomic E-state index is 13.7. The molecule has 0 saturated carbocycles. The van der Waals surface area contributed by atoms with Crippen molar-refractivity contribution in [3.8, 4) is 0 Å².